The number of thiophene rings is 2. The lowest BCUT2D eigenvalue weighted by Crippen LogP contribution is -2.34. The predicted octanol–water partition coefficient (Wildman–Crippen LogP) is 12.3. The Morgan fingerprint density at radius 3 is 1.24 bits per heavy atom. The van der Waals surface area contributed by atoms with E-state index in [4.69, 9.17) is 9.97 Å². The van der Waals surface area contributed by atoms with Gasteiger partial charge in [0, 0.05) is 42.1 Å². The van der Waals surface area contributed by atoms with E-state index in [1.807, 2.05) is 0 Å². The molecular weight excluding hydrogens is 633 g/mol. The largest absolute Gasteiger partial charge is 0.251 e. The topological polar surface area (TPSA) is 25.8 Å². The minimum absolute atomic E-state index is 0.824. The Hall–Kier alpha value is -5.68. The molecule has 1 aliphatic rings. The van der Waals surface area contributed by atoms with E-state index < -0.39 is 5.41 Å². The molecule has 0 aliphatic heterocycles. The van der Waals surface area contributed by atoms with Crippen molar-refractivity contribution >= 4 is 42.8 Å². The summed E-state index contributed by atoms with van der Waals surface area (Å²) in [6.07, 6.45) is 0. The molecule has 4 heterocycles. The number of fused-ring (bicyclic) bond motifs is 7. The summed E-state index contributed by atoms with van der Waals surface area (Å²) in [4.78, 5) is 11.3. The minimum atomic E-state index is -0.824. The lowest BCUT2D eigenvalue weighted by Gasteiger charge is -2.36. The van der Waals surface area contributed by atoms with Crippen molar-refractivity contribution in [3.8, 4) is 44.8 Å². The molecule has 4 heteroatoms. The third kappa shape index (κ3) is 4.24. The maximum atomic E-state index is 5.65. The van der Waals surface area contributed by atoms with Crippen molar-refractivity contribution in [3.63, 3.8) is 0 Å². The second-order valence-electron chi connectivity index (χ2n) is 12.5. The normalized spacial score (nSPS) is 13.1. The van der Waals surface area contributed by atoms with Gasteiger partial charge in [0.1, 0.15) is 5.41 Å². The van der Waals surface area contributed by atoms with E-state index >= 15 is 0 Å². The molecule has 1 aliphatic carbocycles. The van der Waals surface area contributed by atoms with Gasteiger partial charge in [-0.3, -0.25) is 9.97 Å². The molecule has 0 saturated carbocycles. The molecule has 0 saturated heterocycles. The number of rotatable bonds is 4. The van der Waals surface area contributed by atoms with Crippen LogP contribution < -0.4 is 0 Å². The zero-order chi connectivity index (χ0) is 32.4. The van der Waals surface area contributed by atoms with Crippen LogP contribution in [0.15, 0.2) is 168 Å². The lowest BCUT2D eigenvalue weighted by atomic mass is 9.67. The van der Waals surface area contributed by atoms with Crippen molar-refractivity contribution in [1.29, 1.82) is 0 Å². The lowest BCUT2D eigenvalue weighted by molar-refractivity contribution is 0.695. The average Bonchev–Trinajstić information content (AvgIpc) is 3.79. The molecule has 0 atom stereocenters. The Morgan fingerprint density at radius 2 is 0.755 bits per heavy atom. The number of aromatic nitrogens is 2. The van der Waals surface area contributed by atoms with Crippen molar-refractivity contribution in [2.24, 2.45) is 0 Å². The van der Waals surface area contributed by atoms with E-state index in [0.29, 0.717) is 0 Å². The van der Waals surface area contributed by atoms with Gasteiger partial charge in [-0.2, -0.15) is 0 Å². The highest BCUT2D eigenvalue weighted by atomic mass is 32.1. The fourth-order valence-electron chi connectivity index (χ4n) is 7.81. The monoisotopic (exact) mass is 660 g/mol. The molecule has 0 bridgehead atoms. The summed E-state index contributed by atoms with van der Waals surface area (Å²) in [5, 5.41) is 6.94. The molecule has 49 heavy (non-hydrogen) atoms. The first-order valence-electron chi connectivity index (χ1n) is 16.5. The number of hydrogen-bond acceptors (Lipinski definition) is 4. The molecule has 0 N–H and O–H groups in total. The molecule has 4 aromatic heterocycles. The van der Waals surface area contributed by atoms with E-state index in [2.05, 4.69) is 168 Å². The number of benzene rings is 5. The van der Waals surface area contributed by atoms with Gasteiger partial charge in [0.25, 0.3) is 0 Å². The zero-order valence-electron chi connectivity index (χ0n) is 26.4. The molecule has 0 unspecified atom stereocenters. The Bertz CT molecular complexity index is 2510. The first-order chi connectivity index (χ1) is 24.3. The molecule has 230 valence electrons. The van der Waals surface area contributed by atoms with Crippen LogP contribution in [0, 0.1) is 0 Å². The number of hydrogen-bond donors (Lipinski definition) is 0. The Balaban J connectivity index is 1.34. The smallest absolute Gasteiger partial charge is 0.106 e. The highest BCUT2D eigenvalue weighted by Gasteiger charge is 2.46. The fraction of sp³-hybridized carbons (Fsp3) is 0.0222. The number of nitrogens with zero attached hydrogens (tertiary/aromatic N) is 2. The van der Waals surface area contributed by atoms with Gasteiger partial charge in [-0.15, -0.1) is 22.7 Å². The molecule has 2 nitrogen and oxygen atoms in total. The summed E-state index contributed by atoms with van der Waals surface area (Å²) in [7, 11) is 0. The van der Waals surface area contributed by atoms with Crippen LogP contribution >= 0.6 is 22.7 Å². The second kappa shape index (κ2) is 11.2. The standard InChI is InChI=1S/C45H28N2S2/c1-2-14-30-29(13-1)31-15-3-7-19-37(31)45(38-20-8-4-16-32(30)38,43-25-11-21-39(46-43)35-27-48-41-23-9-5-17-33(35)41)44-26-12-22-40(47-44)36-28-49-42-24-10-6-18-34(36)42/h1-28H. The van der Waals surface area contributed by atoms with Gasteiger partial charge in [-0.05, 0) is 69.8 Å². The Kier molecular flexibility index (Phi) is 6.48. The molecule has 9 aromatic rings. The van der Waals surface area contributed by atoms with Crippen molar-refractivity contribution in [2.75, 3.05) is 0 Å². The zero-order valence-corrected chi connectivity index (χ0v) is 28.0. The first kappa shape index (κ1) is 28.3. The van der Waals surface area contributed by atoms with Crippen LogP contribution in [0.2, 0.25) is 0 Å². The van der Waals surface area contributed by atoms with Gasteiger partial charge in [0.2, 0.25) is 0 Å². The summed E-state index contributed by atoms with van der Waals surface area (Å²) in [5.41, 5.74) is 12.5. The molecule has 5 aromatic carbocycles. The molecule has 10 rings (SSSR count). The average molecular weight is 661 g/mol. The minimum Gasteiger partial charge on any atom is -0.251 e. The van der Waals surface area contributed by atoms with Crippen molar-refractivity contribution < 1.29 is 0 Å². The Labute approximate surface area is 292 Å². The SMILES string of the molecule is c1cc(-c2csc3ccccc23)nc(C2(c3cccc(-c4csc5ccccc45)n3)c3ccccc3-c3ccccc3-c3ccccc32)c1. The van der Waals surface area contributed by atoms with Crippen LogP contribution in [-0.2, 0) is 5.41 Å². The highest BCUT2D eigenvalue weighted by molar-refractivity contribution is 7.18. The van der Waals surface area contributed by atoms with E-state index in [1.54, 1.807) is 22.7 Å². The van der Waals surface area contributed by atoms with Crippen LogP contribution in [0.5, 0.6) is 0 Å². The van der Waals surface area contributed by atoms with E-state index in [-0.39, 0.29) is 0 Å². The van der Waals surface area contributed by atoms with Crippen LogP contribution in [0.3, 0.4) is 0 Å². The van der Waals surface area contributed by atoms with Crippen molar-refractivity contribution in [3.05, 3.63) is 191 Å². The van der Waals surface area contributed by atoms with Gasteiger partial charge >= 0.3 is 0 Å². The Morgan fingerprint density at radius 1 is 0.347 bits per heavy atom. The third-order valence-electron chi connectivity index (χ3n) is 9.95. The van der Waals surface area contributed by atoms with E-state index in [1.165, 1.54) is 53.6 Å². The quantitative estimate of drug-likeness (QED) is 0.188. The third-order valence-corrected chi connectivity index (χ3v) is 11.9. The summed E-state index contributed by atoms with van der Waals surface area (Å²) in [6, 6.07) is 56.8. The molecule has 0 amide bonds. The molecule has 0 fully saturated rings. The van der Waals surface area contributed by atoms with Crippen molar-refractivity contribution in [2.45, 2.75) is 5.41 Å². The maximum absolute atomic E-state index is 5.65. The highest BCUT2D eigenvalue weighted by Crippen LogP contribution is 2.54. The second-order valence-corrected chi connectivity index (χ2v) is 14.3. The molecular formula is C45H28N2S2. The summed E-state index contributed by atoms with van der Waals surface area (Å²) < 4.78 is 2.52. The number of pyridine rings is 2. The van der Waals surface area contributed by atoms with Gasteiger partial charge in [0.05, 0.1) is 22.8 Å². The van der Waals surface area contributed by atoms with Crippen molar-refractivity contribution in [1.82, 2.24) is 9.97 Å². The fourth-order valence-corrected chi connectivity index (χ4v) is 9.72. The van der Waals surface area contributed by atoms with Gasteiger partial charge < -0.3 is 0 Å². The van der Waals surface area contributed by atoms with Crippen LogP contribution in [0.4, 0.5) is 0 Å². The van der Waals surface area contributed by atoms with Crippen LogP contribution in [0.1, 0.15) is 22.5 Å². The summed E-state index contributed by atoms with van der Waals surface area (Å²) in [6.45, 7) is 0. The molecule has 0 spiro atoms. The summed E-state index contributed by atoms with van der Waals surface area (Å²) >= 11 is 3.54. The summed E-state index contributed by atoms with van der Waals surface area (Å²) in [5.74, 6) is 0. The predicted molar refractivity (Wildman–Crippen MR) is 206 cm³/mol. The van der Waals surface area contributed by atoms with Gasteiger partial charge in [0.15, 0.2) is 0 Å². The van der Waals surface area contributed by atoms with E-state index in [0.717, 1.165) is 33.9 Å². The van der Waals surface area contributed by atoms with Gasteiger partial charge in [-0.1, -0.05) is 121 Å². The van der Waals surface area contributed by atoms with Crippen LogP contribution in [0.25, 0.3) is 64.9 Å². The van der Waals surface area contributed by atoms with Crippen LogP contribution in [-0.4, -0.2) is 9.97 Å². The maximum Gasteiger partial charge on any atom is 0.106 e. The first-order valence-corrected chi connectivity index (χ1v) is 18.2. The van der Waals surface area contributed by atoms with E-state index in [9.17, 15) is 0 Å². The van der Waals surface area contributed by atoms with Gasteiger partial charge in [-0.25, -0.2) is 0 Å². The molecule has 0 radical (unpaired) electrons.